The molecule has 0 aliphatic rings. The summed E-state index contributed by atoms with van der Waals surface area (Å²) in [5.74, 6) is -1.74. The number of nitrogens with one attached hydrogen (secondary N) is 1. The molecule has 1 aromatic heterocycles. The number of rotatable bonds is 6. The summed E-state index contributed by atoms with van der Waals surface area (Å²) in [6.07, 6.45) is -2.16. The van der Waals surface area contributed by atoms with Crippen LogP contribution in [0.3, 0.4) is 0 Å². The molecule has 4 rings (SSSR count). The maximum atomic E-state index is 12.8. The van der Waals surface area contributed by atoms with Gasteiger partial charge in [0, 0.05) is 5.69 Å². The van der Waals surface area contributed by atoms with Crippen LogP contribution in [0.25, 0.3) is 23.3 Å². The Morgan fingerprint density at radius 3 is 2.21 bits per heavy atom. The summed E-state index contributed by atoms with van der Waals surface area (Å²) in [6.45, 7) is 0. The molecule has 1 heterocycles. The third-order valence-electron chi connectivity index (χ3n) is 4.52. The molecule has 6 nitrogen and oxygen atoms in total. The van der Waals surface area contributed by atoms with E-state index >= 15 is 0 Å². The molecule has 10 heteroatoms. The summed E-state index contributed by atoms with van der Waals surface area (Å²) in [6, 6.07) is 22.5. The number of halogens is 3. The van der Waals surface area contributed by atoms with Crippen molar-refractivity contribution in [2.75, 3.05) is 4.72 Å². The van der Waals surface area contributed by atoms with Crippen molar-refractivity contribution < 1.29 is 26.1 Å². The van der Waals surface area contributed by atoms with Gasteiger partial charge in [0.15, 0.2) is 5.82 Å². The van der Waals surface area contributed by atoms with E-state index in [0.717, 1.165) is 11.1 Å². The number of sulfonamides is 1. The van der Waals surface area contributed by atoms with Gasteiger partial charge in [-0.1, -0.05) is 65.8 Å². The second kappa shape index (κ2) is 8.91. The van der Waals surface area contributed by atoms with Crippen LogP contribution in [0.1, 0.15) is 17.3 Å². The lowest BCUT2D eigenvalue weighted by molar-refractivity contribution is -0.159. The van der Waals surface area contributed by atoms with Crippen LogP contribution in [0.2, 0.25) is 0 Å². The van der Waals surface area contributed by atoms with Crippen LogP contribution in [0.15, 0.2) is 88.3 Å². The summed E-state index contributed by atoms with van der Waals surface area (Å²) in [7, 11) is -3.89. The molecule has 0 atom stereocenters. The van der Waals surface area contributed by atoms with E-state index in [0.29, 0.717) is 11.3 Å². The molecule has 0 saturated heterocycles. The smallest absolute Gasteiger partial charge is 0.329 e. The van der Waals surface area contributed by atoms with Gasteiger partial charge in [0.1, 0.15) is 0 Å². The lowest BCUT2D eigenvalue weighted by atomic mass is 10.1. The minimum absolute atomic E-state index is 0.0131. The fraction of sp³-hybridized carbons (Fsp3) is 0.0435. The Morgan fingerprint density at radius 1 is 0.848 bits per heavy atom. The quantitative estimate of drug-likeness (QED) is 0.388. The minimum atomic E-state index is -4.74. The topological polar surface area (TPSA) is 85.1 Å². The molecule has 0 spiro atoms. The fourth-order valence-electron chi connectivity index (χ4n) is 2.95. The first kappa shape index (κ1) is 22.3. The van der Waals surface area contributed by atoms with Crippen molar-refractivity contribution in [2.24, 2.45) is 0 Å². The van der Waals surface area contributed by atoms with Crippen molar-refractivity contribution in [3.63, 3.8) is 0 Å². The molecule has 4 aromatic rings. The van der Waals surface area contributed by atoms with Crippen LogP contribution >= 0.6 is 0 Å². The lowest BCUT2D eigenvalue weighted by Gasteiger charge is -2.10. The predicted molar refractivity (Wildman–Crippen MR) is 117 cm³/mol. The van der Waals surface area contributed by atoms with E-state index in [2.05, 4.69) is 19.4 Å². The molecule has 168 valence electrons. The van der Waals surface area contributed by atoms with Crippen LogP contribution in [0.4, 0.5) is 18.9 Å². The third kappa shape index (κ3) is 5.47. The van der Waals surface area contributed by atoms with Crippen LogP contribution in [0.5, 0.6) is 0 Å². The van der Waals surface area contributed by atoms with Crippen molar-refractivity contribution in [3.8, 4) is 11.1 Å². The standard InChI is InChI=1S/C23H16F3N3O3S/c24-23(25,26)22-27-21(28-32-22)14-9-16-5-4-8-20(15-16)33(30,31)29-19-12-10-18(11-13-19)17-6-2-1-3-7-17/h1-15,29H/b14-9+. The highest BCUT2D eigenvalue weighted by molar-refractivity contribution is 7.92. The molecule has 3 aromatic carbocycles. The summed E-state index contributed by atoms with van der Waals surface area (Å²) in [5, 5.41) is 3.23. The number of alkyl halides is 3. The average Bonchev–Trinajstić information content (AvgIpc) is 3.29. The largest absolute Gasteiger partial charge is 0.471 e. The van der Waals surface area contributed by atoms with Gasteiger partial charge in [-0.25, -0.2) is 8.42 Å². The predicted octanol–water partition coefficient (Wildman–Crippen LogP) is 5.73. The fourth-order valence-corrected chi connectivity index (χ4v) is 4.06. The molecule has 0 fully saturated rings. The Kier molecular flexibility index (Phi) is 6.01. The maximum absolute atomic E-state index is 12.8. The Balaban J connectivity index is 1.49. The first-order valence-electron chi connectivity index (χ1n) is 9.58. The molecule has 33 heavy (non-hydrogen) atoms. The van der Waals surface area contributed by atoms with Gasteiger partial charge >= 0.3 is 12.1 Å². The van der Waals surface area contributed by atoms with E-state index in [1.807, 2.05) is 42.5 Å². The van der Waals surface area contributed by atoms with Crippen LogP contribution in [-0.2, 0) is 16.2 Å². The van der Waals surface area contributed by atoms with E-state index in [1.54, 1.807) is 18.2 Å². The zero-order valence-corrected chi connectivity index (χ0v) is 17.6. The van der Waals surface area contributed by atoms with Crippen molar-refractivity contribution >= 4 is 27.9 Å². The van der Waals surface area contributed by atoms with Crippen molar-refractivity contribution in [1.29, 1.82) is 0 Å². The Labute approximate surface area is 187 Å². The number of benzene rings is 3. The molecular weight excluding hydrogens is 455 g/mol. The van der Waals surface area contributed by atoms with Gasteiger partial charge < -0.3 is 4.52 Å². The van der Waals surface area contributed by atoms with Gasteiger partial charge in [-0.3, -0.25) is 4.72 Å². The zero-order chi connectivity index (χ0) is 23.5. The second-order valence-corrected chi connectivity index (χ2v) is 8.59. The maximum Gasteiger partial charge on any atom is 0.471 e. The van der Waals surface area contributed by atoms with Crippen LogP contribution in [0, 0.1) is 0 Å². The molecule has 0 unspecified atom stereocenters. The van der Waals surface area contributed by atoms with Gasteiger partial charge in [0.05, 0.1) is 4.90 Å². The normalized spacial score (nSPS) is 12.2. The van der Waals surface area contributed by atoms with E-state index < -0.39 is 22.1 Å². The highest BCUT2D eigenvalue weighted by Crippen LogP contribution is 2.28. The zero-order valence-electron chi connectivity index (χ0n) is 16.8. The van der Waals surface area contributed by atoms with Crippen molar-refractivity contribution in [2.45, 2.75) is 11.1 Å². The number of hydrogen-bond donors (Lipinski definition) is 1. The SMILES string of the molecule is O=S(=O)(Nc1ccc(-c2ccccc2)cc1)c1cccc(/C=C/c2noc(C(F)(F)F)n2)c1. The molecule has 0 saturated carbocycles. The average molecular weight is 471 g/mol. The van der Waals surface area contributed by atoms with Crippen LogP contribution < -0.4 is 4.72 Å². The van der Waals surface area contributed by atoms with E-state index in [9.17, 15) is 21.6 Å². The Morgan fingerprint density at radius 2 is 1.55 bits per heavy atom. The van der Waals surface area contributed by atoms with Gasteiger partial charge in [-0.05, 0) is 47.0 Å². The number of nitrogens with zero attached hydrogens (tertiary/aromatic N) is 2. The molecule has 0 aliphatic heterocycles. The van der Waals surface area contributed by atoms with Crippen molar-refractivity contribution in [3.05, 3.63) is 96.1 Å². The summed E-state index contributed by atoms with van der Waals surface area (Å²) in [4.78, 5) is 3.22. The molecule has 0 aliphatic carbocycles. The number of anilines is 1. The molecular formula is C23H16F3N3O3S. The monoisotopic (exact) mass is 471 g/mol. The molecule has 1 N–H and O–H groups in total. The van der Waals surface area contributed by atoms with Gasteiger partial charge in [-0.2, -0.15) is 18.2 Å². The lowest BCUT2D eigenvalue weighted by Crippen LogP contribution is -2.12. The first-order valence-corrected chi connectivity index (χ1v) is 11.1. The molecule has 0 amide bonds. The number of aromatic nitrogens is 2. The Hall–Kier alpha value is -3.92. The Bertz CT molecular complexity index is 1380. The van der Waals surface area contributed by atoms with Crippen molar-refractivity contribution in [1.82, 2.24) is 10.1 Å². The van der Waals surface area contributed by atoms with E-state index in [4.69, 9.17) is 0 Å². The van der Waals surface area contributed by atoms with Crippen LogP contribution in [-0.4, -0.2) is 18.6 Å². The summed E-state index contributed by atoms with van der Waals surface area (Å²) < 4.78 is 69.9. The van der Waals surface area contributed by atoms with E-state index in [1.165, 1.54) is 30.4 Å². The second-order valence-electron chi connectivity index (χ2n) is 6.91. The molecule has 0 radical (unpaired) electrons. The van der Waals surface area contributed by atoms with Gasteiger partial charge in [0.25, 0.3) is 10.0 Å². The van der Waals surface area contributed by atoms with Gasteiger partial charge in [0.2, 0.25) is 0 Å². The molecule has 0 bridgehead atoms. The highest BCUT2D eigenvalue weighted by Gasteiger charge is 2.38. The number of hydrogen-bond acceptors (Lipinski definition) is 5. The third-order valence-corrected chi connectivity index (χ3v) is 5.90. The summed E-state index contributed by atoms with van der Waals surface area (Å²) >= 11 is 0. The van der Waals surface area contributed by atoms with E-state index in [-0.39, 0.29) is 10.7 Å². The highest BCUT2D eigenvalue weighted by atomic mass is 32.2. The summed E-state index contributed by atoms with van der Waals surface area (Å²) in [5.41, 5.74) is 2.77. The van der Waals surface area contributed by atoms with Gasteiger partial charge in [-0.15, -0.1) is 0 Å². The first-order chi connectivity index (χ1) is 15.7. The minimum Gasteiger partial charge on any atom is -0.329 e.